The van der Waals surface area contributed by atoms with Gasteiger partial charge in [0.15, 0.2) is 11.6 Å². The molecule has 0 saturated carbocycles. The summed E-state index contributed by atoms with van der Waals surface area (Å²) >= 11 is 0. The van der Waals surface area contributed by atoms with Crippen LogP contribution in [0.3, 0.4) is 0 Å². The first-order valence-electron chi connectivity index (χ1n) is 8.82. The molecule has 2 aromatic rings. The first-order valence-corrected chi connectivity index (χ1v) is 8.82. The van der Waals surface area contributed by atoms with Gasteiger partial charge in [-0.3, -0.25) is 4.79 Å². The van der Waals surface area contributed by atoms with E-state index in [4.69, 9.17) is 4.74 Å². The highest BCUT2D eigenvalue weighted by atomic mass is 35.5. The molecule has 1 aromatic heterocycles. The summed E-state index contributed by atoms with van der Waals surface area (Å²) in [6.45, 7) is 3.79. The molecule has 7 nitrogen and oxygen atoms in total. The summed E-state index contributed by atoms with van der Waals surface area (Å²) in [7, 11) is 1.65. The summed E-state index contributed by atoms with van der Waals surface area (Å²) in [6, 6.07) is 7.82. The number of rotatable bonds is 3. The van der Waals surface area contributed by atoms with Gasteiger partial charge in [0, 0.05) is 25.2 Å². The molecule has 1 fully saturated rings. The van der Waals surface area contributed by atoms with Crippen LogP contribution in [-0.4, -0.2) is 52.3 Å². The fourth-order valence-corrected chi connectivity index (χ4v) is 3.62. The van der Waals surface area contributed by atoms with Crippen LogP contribution in [0.2, 0.25) is 0 Å². The Morgan fingerprint density at radius 2 is 2.04 bits per heavy atom. The monoisotopic (exact) mass is 377 g/mol. The van der Waals surface area contributed by atoms with Crippen LogP contribution in [0.4, 0.5) is 0 Å². The minimum atomic E-state index is 0. The van der Waals surface area contributed by atoms with Crippen LogP contribution < -0.4 is 10.1 Å². The molecule has 1 N–H and O–H groups in total. The van der Waals surface area contributed by atoms with Crippen LogP contribution in [0.25, 0.3) is 11.4 Å². The van der Waals surface area contributed by atoms with Crippen LogP contribution in [0, 0.1) is 5.92 Å². The second-order valence-corrected chi connectivity index (χ2v) is 6.62. The second kappa shape index (κ2) is 8.05. The maximum atomic E-state index is 12.7. The molecular formula is C18H24ClN5O2. The molecule has 8 heteroatoms. The van der Waals surface area contributed by atoms with Crippen LogP contribution >= 0.6 is 12.4 Å². The minimum absolute atomic E-state index is 0. The molecule has 26 heavy (non-hydrogen) atoms. The van der Waals surface area contributed by atoms with E-state index in [2.05, 4.69) is 20.1 Å². The van der Waals surface area contributed by atoms with Crippen LogP contribution in [-0.2, 0) is 17.9 Å². The van der Waals surface area contributed by atoms with Gasteiger partial charge < -0.3 is 19.5 Å². The van der Waals surface area contributed by atoms with Crippen LogP contribution in [0.5, 0.6) is 5.75 Å². The van der Waals surface area contributed by atoms with E-state index in [1.165, 1.54) is 0 Å². The van der Waals surface area contributed by atoms with Crippen molar-refractivity contribution in [3.63, 3.8) is 0 Å². The number of hydrogen-bond donors (Lipinski definition) is 1. The van der Waals surface area contributed by atoms with Crippen molar-refractivity contribution in [3.8, 4) is 17.1 Å². The molecule has 0 bridgehead atoms. The number of amides is 1. The normalized spacial score (nSPS) is 19.4. The fraction of sp³-hybridized carbons (Fsp3) is 0.500. The lowest BCUT2D eigenvalue weighted by Gasteiger charge is -2.32. The van der Waals surface area contributed by atoms with Crippen molar-refractivity contribution in [2.24, 2.45) is 5.92 Å². The maximum Gasteiger partial charge on any atom is 0.227 e. The summed E-state index contributed by atoms with van der Waals surface area (Å²) < 4.78 is 7.32. The van der Waals surface area contributed by atoms with Gasteiger partial charge in [0.1, 0.15) is 5.75 Å². The zero-order valence-electron chi connectivity index (χ0n) is 14.9. The Bertz CT molecular complexity index is 755. The average Bonchev–Trinajstić information content (AvgIpc) is 3.11. The molecule has 1 unspecified atom stereocenters. The summed E-state index contributed by atoms with van der Waals surface area (Å²) in [5.74, 6) is 2.87. The van der Waals surface area contributed by atoms with E-state index < -0.39 is 0 Å². The number of ether oxygens (including phenoxy) is 1. The number of fused-ring (bicyclic) bond motifs is 1. The molecule has 2 aliphatic rings. The highest BCUT2D eigenvalue weighted by Crippen LogP contribution is 2.25. The Kier molecular flexibility index (Phi) is 5.78. The zero-order valence-corrected chi connectivity index (χ0v) is 15.7. The van der Waals surface area contributed by atoms with Gasteiger partial charge in [0.25, 0.3) is 0 Å². The van der Waals surface area contributed by atoms with Crippen LogP contribution in [0.1, 0.15) is 18.7 Å². The SMILES string of the molecule is COc1ccc(-c2nnc3n2CCN(C(=O)C2CCCNC2)C3)cc1.Cl. The topological polar surface area (TPSA) is 72.3 Å². The van der Waals surface area contributed by atoms with Gasteiger partial charge in [-0.25, -0.2) is 0 Å². The van der Waals surface area contributed by atoms with Gasteiger partial charge in [0.05, 0.1) is 19.6 Å². The third-order valence-electron chi connectivity index (χ3n) is 5.06. The largest absolute Gasteiger partial charge is 0.497 e. The molecule has 0 aliphatic carbocycles. The number of methoxy groups -OCH3 is 1. The molecule has 140 valence electrons. The van der Waals surface area contributed by atoms with E-state index in [0.29, 0.717) is 13.1 Å². The van der Waals surface area contributed by atoms with E-state index in [0.717, 1.165) is 55.4 Å². The lowest BCUT2D eigenvalue weighted by molar-refractivity contribution is -0.137. The quantitative estimate of drug-likeness (QED) is 0.881. The number of carbonyl (C=O) groups excluding carboxylic acids is 1. The Morgan fingerprint density at radius 3 is 2.73 bits per heavy atom. The molecule has 1 saturated heterocycles. The van der Waals surface area contributed by atoms with Gasteiger partial charge in [-0.2, -0.15) is 0 Å². The van der Waals surface area contributed by atoms with Gasteiger partial charge in [-0.15, -0.1) is 22.6 Å². The first-order chi connectivity index (χ1) is 12.3. The number of nitrogens with one attached hydrogen (secondary N) is 1. The third kappa shape index (κ3) is 3.54. The third-order valence-corrected chi connectivity index (χ3v) is 5.06. The number of benzene rings is 1. The Labute approximate surface area is 159 Å². The highest BCUT2D eigenvalue weighted by molar-refractivity contribution is 5.85. The van der Waals surface area contributed by atoms with E-state index in [1.54, 1.807) is 7.11 Å². The Balaban J connectivity index is 0.00000196. The molecule has 1 atom stereocenters. The van der Waals surface area contributed by atoms with Crippen LogP contribution in [0.15, 0.2) is 24.3 Å². The molecule has 0 radical (unpaired) electrons. The molecule has 0 spiro atoms. The summed E-state index contributed by atoms with van der Waals surface area (Å²) in [5.41, 5.74) is 1.01. The van der Waals surface area contributed by atoms with E-state index in [1.807, 2.05) is 29.2 Å². The van der Waals surface area contributed by atoms with E-state index in [9.17, 15) is 4.79 Å². The molecule has 2 aliphatic heterocycles. The minimum Gasteiger partial charge on any atom is -0.497 e. The van der Waals surface area contributed by atoms with E-state index in [-0.39, 0.29) is 24.2 Å². The molecule has 1 amide bonds. The maximum absolute atomic E-state index is 12.7. The number of halogens is 1. The lowest BCUT2D eigenvalue weighted by atomic mass is 9.98. The smallest absolute Gasteiger partial charge is 0.227 e. The summed E-state index contributed by atoms with van der Waals surface area (Å²) in [5, 5.41) is 12.0. The molecule has 4 rings (SSSR count). The molecule has 3 heterocycles. The van der Waals surface area contributed by atoms with Crippen molar-refractivity contribution in [3.05, 3.63) is 30.1 Å². The predicted molar refractivity (Wildman–Crippen MR) is 100 cm³/mol. The standard InChI is InChI=1S/C18H23N5O2.ClH/c1-25-15-6-4-13(5-7-15)17-21-20-16-12-22(9-10-23(16)17)18(24)14-3-2-8-19-11-14;/h4-7,14,19H,2-3,8-12H2,1H3;1H. The fourth-order valence-electron chi connectivity index (χ4n) is 3.62. The van der Waals surface area contributed by atoms with Crippen molar-refractivity contribution in [1.29, 1.82) is 0 Å². The van der Waals surface area contributed by atoms with Crippen molar-refractivity contribution in [2.75, 3.05) is 26.7 Å². The van der Waals surface area contributed by atoms with Crippen molar-refractivity contribution < 1.29 is 9.53 Å². The van der Waals surface area contributed by atoms with Crippen molar-refractivity contribution >= 4 is 18.3 Å². The van der Waals surface area contributed by atoms with Crippen molar-refractivity contribution in [2.45, 2.75) is 25.9 Å². The van der Waals surface area contributed by atoms with Gasteiger partial charge >= 0.3 is 0 Å². The highest BCUT2D eigenvalue weighted by Gasteiger charge is 2.30. The lowest BCUT2D eigenvalue weighted by Crippen LogP contribution is -2.46. The van der Waals surface area contributed by atoms with Gasteiger partial charge in [-0.1, -0.05) is 0 Å². The van der Waals surface area contributed by atoms with Gasteiger partial charge in [-0.05, 0) is 43.7 Å². The summed E-state index contributed by atoms with van der Waals surface area (Å²) in [4.78, 5) is 14.7. The average molecular weight is 378 g/mol. The van der Waals surface area contributed by atoms with Crippen molar-refractivity contribution in [1.82, 2.24) is 25.0 Å². The molecular weight excluding hydrogens is 354 g/mol. The second-order valence-electron chi connectivity index (χ2n) is 6.62. The molecule has 1 aromatic carbocycles. The Hall–Kier alpha value is -2.12. The van der Waals surface area contributed by atoms with Gasteiger partial charge in [0.2, 0.25) is 5.91 Å². The number of hydrogen-bond acceptors (Lipinski definition) is 5. The first kappa shape index (κ1) is 18.7. The van der Waals surface area contributed by atoms with E-state index >= 15 is 0 Å². The number of piperidine rings is 1. The Morgan fingerprint density at radius 1 is 1.23 bits per heavy atom. The zero-order chi connectivity index (χ0) is 17.2. The number of nitrogens with zero attached hydrogens (tertiary/aromatic N) is 4. The predicted octanol–water partition coefficient (Wildman–Crippen LogP) is 1.72. The number of carbonyl (C=O) groups is 1. The number of aromatic nitrogens is 3. The summed E-state index contributed by atoms with van der Waals surface area (Å²) in [6.07, 6.45) is 2.05.